The Labute approximate surface area is 253 Å². The molecule has 0 aliphatic carbocycles. The highest BCUT2D eigenvalue weighted by atomic mass is 16.2. The number of anilines is 1. The fourth-order valence-electron chi connectivity index (χ4n) is 7.81. The molecule has 2 unspecified atom stereocenters. The summed E-state index contributed by atoms with van der Waals surface area (Å²) in [4.78, 5) is 19.1. The van der Waals surface area contributed by atoms with E-state index in [0.29, 0.717) is 0 Å². The summed E-state index contributed by atoms with van der Waals surface area (Å²) in [6.45, 7) is 3.53. The Morgan fingerprint density at radius 1 is 0.698 bits per heavy atom. The first-order chi connectivity index (χ1) is 21.1. The Kier molecular flexibility index (Phi) is 6.08. The van der Waals surface area contributed by atoms with E-state index >= 15 is 0 Å². The standard InChI is InChI=1S/C40H34N2O/c1-28-20-22-31(23-21-28)38(43)41-25-24-40(26-32-14-8-12-29-10-2-4-16-34(29)32)36-18-6-7-19-37(36)42(39(40)41)27-33-15-9-13-30-11-3-5-17-35(30)33/h2-23,39H,24-27H2,1H3. The Balaban J connectivity index is 1.30. The van der Waals surface area contributed by atoms with Crippen LogP contribution in [0.25, 0.3) is 21.5 Å². The van der Waals surface area contributed by atoms with Crippen molar-refractivity contribution in [2.75, 3.05) is 11.4 Å². The number of benzene rings is 6. The molecule has 3 nitrogen and oxygen atoms in total. The topological polar surface area (TPSA) is 23.6 Å². The SMILES string of the molecule is Cc1ccc(C(=O)N2CCC3(Cc4cccc5ccccc45)c4ccccc4N(Cc4cccc5ccccc45)C23)cc1. The maximum absolute atomic E-state index is 14.4. The van der Waals surface area contributed by atoms with Crippen molar-refractivity contribution >= 4 is 33.1 Å². The summed E-state index contributed by atoms with van der Waals surface area (Å²) in [6.07, 6.45) is 1.69. The zero-order valence-electron chi connectivity index (χ0n) is 24.4. The predicted octanol–water partition coefficient (Wildman–Crippen LogP) is 8.67. The summed E-state index contributed by atoms with van der Waals surface area (Å²) in [5.74, 6) is 0.112. The summed E-state index contributed by atoms with van der Waals surface area (Å²) in [6, 6.07) is 47.5. The molecule has 8 rings (SSSR count). The molecule has 0 bridgehead atoms. The summed E-state index contributed by atoms with van der Waals surface area (Å²) in [7, 11) is 0. The van der Waals surface area contributed by atoms with E-state index in [1.165, 1.54) is 43.9 Å². The lowest BCUT2D eigenvalue weighted by Crippen LogP contribution is -2.52. The van der Waals surface area contributed by atoms with Crippen LogP contribution in [0.5, 0.6) is 0 Å². The number of amides is 1. The zero-order chi connectivity index (χ0) is 29.0. The zero-order valence-corrected chi connectivity index (χ0v) is 24.4. The molecule has 2 heterocycles. The molecular formula is C40H34N2O. The minimum atomic E-state index is -0.230. The second-order valence-electron chi connectivity index (χ2n) is 12.2. The van der Waals surface area contributed by atoms with Gasteiger partial charge in [0.2, 0.25) is 0 Å². The number of hydrogen-bond donors (Lipinski definition) is 0. The van der Waals surface area contributed by atoms with Crippen molar-refractivity contribution in [3.05, 3.63) is 161 Å². The summed E-state index contributed by atoms with van der Waals surface area (Å²) in [5, 5.41) is 5.07. The van der Waals surface area contributed by atoms with Gasteiger partial charge in [0.05, 0.1) is 0 Å². The van der Waals surface area contributed by atoms with Gasteiger partial charge in [0.1, 0.15) is 6.17 Å². The number of hydrogen-bond acceptors (Lipinski definition) is 2. The van der Waals surface area contributed by atoms with Crippen LogP contribution in [0.3, 0.4) is 0 Å². The number of likely N-dealkylation sites (tertiary alicyclic amines) is 1. The Morgan fingerprint density at radius 2 is 1.30 bits per heavy atom. The van der Waals surface area contributed by atoms with Crippen molar-refractivity contribution in [2.45, 2.75) is 37.9 Å². The Morgan fingerprint density at radius 3 is 2.05 bits per heavy atom. The lowest BCUT2D eigenvalue weighted by molar-refractivity contribution is 0.0709. The van der Waals surface area contributed by atoms with E-state index in [-0.39, 0.29) is 17.5 Å². The second kappa shape index (κ2) is 10.1. The van der Waals surface area contributed by atoms with E-state index in [0.717, 1.165) is 37.1 Å². The molecule has 43 heavy (non-hydrogen) atoms. The fourth-order valence-corrected chi connectivity index (χ4v) is 7.81. The van der Waals surface area contributed by atoms with Crippen LogP contribution >= 0.6 is 0 Å². The first kappa shape index (κ1) is 25.8. The maximum Gasteiger partial charge on any atom is 0.255 e. The van der Waals surface area contributed by atoms with Crippen molar-refractivity contribution < 1.29 is 4.79 Å². The largest absolute Gasteiger partial charge is 0.346 e. The van der Waals surface area contributed by atoms with Gasteiger partial charge in [0.15, 0.2) is 0 Å². The van der Waals surface area contributed by atoms with Gasteiger partial charge in [0.25, 0.3) is 5.91 Å². The smallest absolute Gasteiger partial charge is 0.255 e. The average Bonchev–Trinajstić information content (AvgIpc) is 3.55. The summed E-state index contributed by atoms with van der Waals surface area (Å²) < 4.78 is 0. The molecule has 3 heteroatoms. The monoisotopic (exact) mass is 558 g/mol. The lowest BCUT2D eigenvalue weighted by atomic mass is 9.73. The summed E-state index contributed by atoms with van der Waals surface area (Å²) >= 11 is 0. The number of fused-ring (bicyclic) bond motifs is 5. The van der Waals surface area contributed by atoms with Crippen molar-refractivity contribution in [3.8, 4) is 0 Å². The fraction of sp³-hybridized carbons (Fsp3) is 0.175. The van der Waals surface area contributed by atoms with Gasteiger partial charge in [-0.05, 0) is 76.2 Å². The normalized spacial score (nSPS) is 19.1. The quantitative estimate of drug-likeness (QED) is 0.211. The molecular weight excluding hydrogens is 524 g/mol. The molecule has 210 valence electrons. The van der Waals surface area contributed by atoms with E-state index in [9.17, 15) is 4.79 Å². The molecule has 0 saturated carbocycles. The molecule has 0 radical (unpaired) electrons. The molecule has 0 spiro atoms. The van der Waals surface area contributed by atoms with Crippen molar-refractivity contribution in [1.29, 1.82) is 0 Å². The highest BCUT2D eigenvalue weighted by Crippen LogP contribution is 2.55. The Bertz CT molecular complexity index is 1980. The van der Waals surface area contributed by atoms with Crippen LogP contribution in [0.2, 0.25) is 0 Å². The van der Waals surface area contributed by atoms with Gasteiger partial charge in [-0.2, -0.15) is 0 Å². The van der Waals surface area contributed by atoms with Crippen molar-refractivity contribution in [2.24, 2.45) is 0 Å². The third-order valence-corrected chi connectivity index (χ3v) is 9.80. The minimum absolute atomic E-state index is 0.100. The molecule has 0 aromatic heterocycles. The highest BCUT2D eigenvalue weighted by molar-refractivity contribution is 5.96. The molecule has 1 saturated heterocycles. The predicted molar refractivity (Wildman–Crippen MR) is 177 cm³/mol. The first-order valence-corrected chi connectivity index (χ1v) is 15.3. The molecule has 6 aromatic rings. The number of aryl methyl sites for hydroxylation is 1. The van der Waals surface area contributed by atoms with E-state index in [4.69, 9.17) is 0 Å². The van der Waals surface area contributed by atoms with Crippen LogP contribution in [0.4, 0.5) is 5.69 Å². The van der Waals surface area contributed by atoms with Crippen LogP contribution in [-0.4, -0.2) is 23.5 Å². The molecule has 0 N–H and O–H groups in total. The lowest BCUT2D eigenvalue weighted by Gasteiger charge is -2.39. The van der Waals surface area contributed by atoms with Gasteiger partial charge in [-0.1, -0.05) is 121 Å². The van der Waals surface area contributed by atoms with Gasteiger partial charge < -0.3 is 9.80 Å². The van der Waals surface area contributed by atoms with E-state index in [1.54, 1.807) is 0 Å². The van der Waals surface area contributed by atoms with Crippen molar-refractivity contribution in [3.63, 3.8) is 0 Å². The van der Waals surface area contributed by atoms with E-state index in [1.807, 2.05) is 24.3 Å². The molecule has 2 aliphatic rings. The third kappa shape index (κ3) is 4.14. The number of nitrogens with zero attached hydrogens (tertiary/aromatic N) is 2. The second-order valence-corrected chi connectivity index (χ2v) is 12.2. The Hall–Kier alpha value is -4.89. The van der Waals surface area contributed by atoms with E-state index in [2.05, 4.69) is 126 Å². The number of carbonyl (C=O) groups excluding carboxylic acids is 1. The van der Waals surface area contributed by atoms with Gasteiger partial charge in [-0.15, -0.1) is 0 Å². The molecule has 1 fully saturated rings. The highest BCUT2D eigenvalue weighted by Gasteiger charge is 2.58. The number of para-hydroxylation sites is 1. The van der Waals surface area contributed by atoms with Crippen LogP contribution < -0.4 is 4.90 Å². The minimum Gasteiger partial charge on any atom is -0.346 e. The number of carbonyl (C=O) groups is 1. The van der Waals surface area contributed by atoms with Crippen molar-refractivity contribution in [1.82, 2.24) is 4.90 Å². The molecule has 2 atom stereocenters. The van der Waals surface area contributed by atoms with Crippen LogP contribution in [0.15, 0.2) is 133 Å². The molecule has 2 aliphatic heterocycles. The third-order valence-electron chi connectivity index (χ3n) is 9.80. The van der Waals surface area contributed by atoms with Crippen LogP contribution in [0.1, 0.15) is 39.0 Å². The van der Waals surface area contributed by atoms with Gasteiger partial charge in [0, 0.05) is 29.8 Å². The van der Waals surface area contributed by atoms with Crippen LogP contribution in [-0.2, 0) is 18.4 Å². The summed E-state index contributed by atoms with van der Waals surface area (Å²) in [5.41, 5.74) is 6.90. The van der Waals surface area contributed by atoms with Gasteiger partial charge in [-0.3, -0.25) is 4.79 Å². The maximum atomic E-state index is 14.4. The van der Waals surface area contributed by atoms with E-state index < -0.39 is 0 Å². The average molecular weight is 559 g/mol. The van der Waals surface area contributed by atoms with Gasteiger partial charge in [-0.25, -0.2) is 0 Å². The molecule has 6 aromatic carbocycles. The van der Waals surface area contributed by atoms with Crippen LogP contribution in [0, 0.1) is 6.92 Å². The number of rotatable bonds is 5. The van der Waals surface area contributed by atoms with Gasteiger partial charge >= 0.3 is 0 Å². The molecule has 1 amide bonds. The first-order valence-electron chi connectivity index (χ1n) is 15.3.